The standard InChI is InChI=1S/C13H26N4O/c1-3-16(4-2)11-5-8-17(10-11)13(18)12-9-14-6-7-15-12/h11-12,14-15H,3-10H2,1-2H3. The second kappa shape index (κ2) is 6.50. The van der Waals surface area contributed by atoms with E-state index in [1.165, 1.54) is 0 Å². The molecule has 2 heterocycles. The third-order valence-corrected chi connectivity index (χ3v) is 4.14. The smallest absolute Gasteiger partial charge is 0.241 e. The highest BCUT2D eigenvalue weighted by Gasteiger charge is 2.32. The average Bonchev–Trinajstić information content (AvgIpc) is 2.90. The van der Waals surface area contributed by atoms with Crippen molar-refractivity contribution in [3.8, 4) is 0 Å². The van der Waals surface area contributed by atoms with Gasteiger partial charge in [-0.05, 0) is 19.5 Å². The van der Waals surface area contributed by atoms with E-state index in [1.54, 1.807) is 0 Å². The van der Waals surface area contributed by atoms with Gasteiger partial charge in [-0.3, -0.25) is 9.69 Å². The summed E-state index contributed by atoms with van der Waals surface area (Å²) in [4.78, 5) is 16.8. The molecule has 2 atom stereocenters. The topological polar surface area (TPSA) is 47.6 Å². The van der Waals surface area contributed by atoms with Crippen molar-refractivity contribution in [1.29, 1.82) is 0 Å². The van der Waals surface area contributed by atoms with Crippen molar-refractivity contribution in [2.75, 3.05) is 45.8 Å². The van der Waals surface area contributed by atoms with Crippen molar-refractivity contribution in [3.63, 3.8) is 0 Å². The largest absolute Gasteiger partial charge is 0.340 e. The van der Waals surface area contributed by atoms with E-state index in [9.17, 15) is 4.79 Å². The van der Waals surface area contributed by atoms with Crippen LogP contribution in [0.25, 0.3) is 0 Å². The lowest BCUT2D eigenvalue weighted by Crippen LogP contribution is -2.56. The van der Waals surface area contributed by atoms with Gasteiger partial charge in [-0.25, -0.2) is 0 Å². The molecule has 0 saturated carbocycles. The second-order valence-electron chi connectivity index (χ2n) is 5.16. The van der Waals surface area contributed by atoms with Gasteiger partial charge in [0.25, 0.3) is 0 Å². The number of likely N-dealkylation sites (tertiary alicyclic amines) is 1. The molecule has 2 N–H and O–H groups in total. The summed E-state index contributed by atoms with van der Waals surface area (Å²) >= 11 is 0. The van der Waals surface area contributed by atoms with Crippen LogP contribution in [0, 0.1) is 0 Å². The molecule has 2 rings (SSSR count). The molecule has 5 heteroatoms. The summed E-state index contributed by atoms with van der Waals surface area (Å²) < 4.78 is 0. The molecule has 0 radical (unpaired) electrons. The Kier molecular flexibility index (Phi) is 4.97. The summed E-state index contributed by atoms with van der Waals surface area (Å²) in [6, 6.07) is 0.537. The Morgan fingerprint density at radius 1 is 1.33 bits per heavy atom. The monoisotopic (exact) mass is 254 g/mol. The number of carbonyl (C=O) groups excluding carboxylic acids is 1. The molecule has 2 saturated heterocycles. The van der Waals surface area contributed by atoms with Crippen molar-refractivity contribution >= 4 is 5.91 Å². The average molecular weight is 254 g/mol. The van der Waals surface area contributed by atoms with Crippen LogP contribution in [0.4, 0.5) is 0 Å². The molecule has 2 aliphatic heterocycles. The van der Waals surface area contributed by atoms with Gasteiger partial charge >= 0.3 is 0 Å². The summed E-state index contributed by atoms with van der Waals surface area (Å²) in [5.41, 5.74) is 0. The highest BCUT2D eigenvalue weighted by Crippen LogP contribution is 2.16. The van der Waals surface area contributed by atoms with E-state index in [2.05, 4.69) is 29.4 Å². The van der Waals surface area contributed by atoms with Gasteiger partial charge in [-0.1, -0.05) is 13.8 Å². The Bertz CT molecular complexity index is 274. The predicted octanol–water partition coefficient (Wildman–Crippen LogP) is -0.509. The van der Waals surface area contributed by atoms with Crippen LogP contribution in [0.2, 0.25) is 0 Å². The number of hydrogen-bond donors (Lipinski definition) is 2. The quantitative estimate of drug-likeness (QED) is 0.709. The van der Waals surface area contributed by atoms with E-state index in [0.717, 1.165) is 52.2 Å². The number of hydrogen-bond acceptors (Lipinski definition) is 4. The maximum Gasteiger partial charge on any atom is 0.241 e. The van der Waals surface area contributed by atoms with Gasteiger partial charge in [0.15, 0.2) is 0 Å². The van der Waals surface area contributed by atoms with Gasteiger partial charge in [0.05, 0.1) is 6.04 Å². The molecule has 104 valence electrons. The normalized spacial score (nSPS) is 28.9. The van der Waals surface area contributed by atoms with Crippen LogP contribution in [0.3, 0.4) is 0 Å². The molecule has 0 bridgehead atoms. The van der Waals surface area contributed by atoms with Crippen LogP contribution < -0.4 is 10.6 Å². The maximum absolute atomic E-state index is 12.4. The summed E-state index contributed by atoms with van der Waals surface area (Å²) in [6.07, 6.45) is 1.12. The minimum Gasteiger partial charge on any atom is -0.340 e. The summed E-state index contributed by atoms with van der Waals surface area (Å²) in [5.74, 6) is 0.275. The van der Waals surface area contributed by atoms with E-state index >= 15 is 0 Å². The summed E-state index contributed by atoms with van der Waals surface area (Å²) in [5, 5.41) is 6.58. The Balaban J connectivity index is 1.85. The van der Waals surface area contributed by atoms with Crippen molar-refractivity contribution in [1.82, 2.24) is 20.4 Å². The van der Waals surface area contributed by atoms with Crippen LogP contribution in [0.5, 0.6) is 0 Å². The van der Waals surface area contributed by atoms with E-state index in [4.69, 9.17) is 0 Å². The molecule has 0 spiro atoms. The zero-order chi connectivity index (χ0) is 13.0. The number of nitrogens with zero attached hydrogens (tertiary/aromatic N) is 2. The Hall–Kier alpha value is -0.650. The molecule has 2 aliphatic rings. The zero-order valence-electron chi connectivity index (χ0n) is 11.6. The fourth-order valence-corrected chi connectivity index (χ4v) is 3.03. The molecule has 18 heavy (non-hydrogen) atoms. The highest BCUT2D eigenvalue weighted by atomic mass is 16.2. The third kappa shape index (κ3) is 3.02. The second-order valence-corrected chi connectivity index (χ2v) is 5.16. The molecule has 0 aromatic heterocycles. The number of piperazine rings is 1. The van der Waals surface area contributed by atoms with Gasteiger partial charge < -0.3 is 15.5 Å². The molecule has 2 unspecified atom stereocenters. The first-order valence-electron chi connectivity index (χ1n) is 7.23. The van der Waals surface area contributed by atoms with Gasteiger partial charge in [0.2, 0.25) is 5.91 Å². The maximum atomic E-state index is 12.4. The van der Waals surface area contributed by atoms with Gasteiger partial charge in [0, 0.05) is 38.8 Å². The molecular weight excluding hydrogens is 228 g/mol. The van der Waals surface area contributed by atoms with Crippen LogP contribution in [-0.4, -0.2) is 73.6 Å². The van der Waals surface area contributed by atoms with E-state index in [-0.39, 0.29) is 11.9 Å². The minimum absolute atomic E-state index is 0.0193. The summed E-state index contributed by atoms with van der Waals surface area (Å²) in [7, 11) is 0. The lowest BCUT2D eigenvalue weighted by Gasteiger charge is -2.29. The summed E-state index contributed by atoms with van der Waals surface area (Å²) in [6.45, 7) is 11.0. The molecule has 0 aromatic rings. The van der Waals surface area contributed by atoms with E-state index < -0.39 is 0 Å². The lowest BCUT2D eigenvalue weighted by molar-refractivity contribution is -0.132. The lowest BCUT2D eigenvalue weighted by atomic mass is 10.2. The van der Waals surface area contributed by atoms with Crippen LogP contribution in [0.1, 0.15) is 20.3 Å². The zero-order valence-corrected chi connectivity index (χ0v) is 11.6. The van der Waals surface area contributed by atoms with Gasteiger partial charge in [-0.15, -0.1) is 0 Å². The molecule has 0 aliphatic carbocycles. The molecule has 0 aromatic carbocycles. The fourth-order valence-electron chi connectivity index (χ4n) is 3.03. The number of carbonyl (C=O) groups is 1. The van der Waals surface area contributed by atoms with Crippen LogP contribution >= 0.6 is 0 Å². The number of rotatable bonds is 4. The first-order valence-corrected chi connectivity index (χ1v) is 7.23. The minimum atomic E-state index is -0.0193. The van der Waals surface area contributed by atoms with Gasteiger partial charge in [-0.2, -0.15) is 0 Å². The van der Waals surface area contributed by atoms with Crippen molar-refractivity contribution in [2.24, 2.45) is 0 Å². The molecular formula is C13H26N4O. The van der Waals surface area contributed by atoms with Crippen molar-refractivity contribution < 1.29 is 4.79 Å². The first kappa shape index (κ1) is 13.8. The number of likely N-dealkylation sites (N-methyl/N-ethyl adjacent to an activating group) is 1. The molecule has 2 fully saturated rings. The Labute approximate surface area is 110 Å². The third-order valence-electron chi connectivity index (χ3n) is 4.14. The highest BCUT2D eigenvalue weighted by molar-refractivity contribution is 5.82. The van der Waals surface area contributed by atoms with Crippen molar-refractivity contribution in [3.05, 3.63) is 0 Å². The molecule has 1 amide bonds. The van der Waals surface area contributed by atoms with Crippen LogP contribution in [-0.2, 0) is 4.79 Å². The van der Waals surface area contributed by atoms with Crippen LogP contribution in [0.15, 0.2) is 0 Å². The van der Waals surface area contributed by atoms with E-state index in [1.807, 2.05) is 4.90 Å². The number of nitrogens with one attached hydrogen (secondary N) is 2. The predicted molar refractivity (Wildman–Crippen MR) is 72.6 cm³/mol. The van der Waals surface area contributed by atoms with E-state index in [0.29, 0.717) is 6.04 Å². The fraction of sp³-hybridized carbons (Fsp3) is 0.923. The SMILES string of the molecule is CCN(CC)C1CCN(C(=O)C2CNCCN2)C1. The Morgan fingerprint density at radius 3 is 2.72 bits per heavy atom. The van der Waals surface area contributed by atoms with Gasteiger partial charge in [0.1, 0.15) is 0 Å². The Morgan fingerprint density at radius 2 is 2.11 bits per heavy atom. The van der Waals surface area contributed by atoms with Crippen molar-refractivity contribution in [2.45, 2.75) is 32.4 Å². The molecule has 5 nitrogen and oxygen atoms in total. The first-order chi connectivity index (χ1) is 8.76. The number of amides is 1.